The zero-order valence-corrected chi connectivity index (χ0v) is 14.5. The normalized spacial score (nSPS) is 21.5. The molecule has 0 saturated carbocycles. The standard InChI is InChI=1S/C18H22N2O2S/c1-5-8-23-16-7-6-14(11-15(16)22-4)9-12(2)18-13(3)10-17(21)19-20-18/h1,6-7,9,11,13,18,20H,8,10H2,2-4H3,(H,19,21)/b12-9+. The van der Waals surface area contributed by atoms with Gasteiger partial charge in [-0.3, -0.25) is 10.2 Å². The van der Waals surface area contributed by atoms with Crippen molar-refractivity contribution >= 4 is 23.7 Å². The van der Waals surface area contributed by atoms with Gasteiger partial charge in [0.2, 0.25) is 5.91 Å². The number of hydrogen-bond donors (Lipinski definition) is 2. The summed E-state index contributed by atoms with van der Waals surface area (Å²) in [6.07, 6.45) is 7.96. The molecule has 0 aliphatic carbocycles. The Morgan fingerprint density at radius 2 is 2.35 bits per heavy atom. The Morgan fingerprint density at radius 1 is 1.57 bits per heavy atom. The molecule has 23 heavy (non-hydrogen) atoms. The fraction of sp³-hybridized carbons (Fsp3) is 0.389. The lowest BCUT2D eigenvalue weighted by molar-refractivity contribution is -0.125. The number of thioether (sulfide) groups is 1. The highest BCUT2D eigenvalue weighted by Crippen LogP contribution is 2.31. The quantitative estimate of drug-likeness (QED) is 0.644. The lowest BCUT2D eigenvalue weighted by atomic mass is 9.90. The first-order chi connectivity index (χ1) is 11.0. The SMILES string of the molecule is C#CCSc1ccc(/C=C(\C)C2NNC(=O)CC2C)cc1OC. The molecule has 1 saturated heterocycles. The minimum atomic E-state index is 0.0399. The molecule has 5 heteroatoms. The largest absolute Gasteiger partial charge is 0.496 e. The van der Waals surface area contributed by atoms with E-state index in [1.807, 2.05) is 12.1 Å². The number of nitrogens with one attached hydrogen (secondary N) is 2. The Morgan fingerprint density at radius 3 is 3.00 bits per heavy atom. The van der Waals surface area contributed by atoms with Crippen LogP contribution in [0.4, 0.5) is 0 Å². The average molecular weight is 330 g/mol. The third-order valence-corrected chi connectivity index (χ3v) is 4.79. The van der Waals surface area contributed by atoms with Gasteiger partial charge in [-0.05, 0) is 30.5 Å². The monoisotopic (exact) mass is 330 g/mol. The van der Waals surface area contributed by atoms with Crippen LogP contribution in [-0.2, 0) is 4.79 Å². The Hall–Kier alpha value is -1.90. The van der Waals surface area contributed by atoms with E-state index in [0.29, 0.717) is 12.2 Å². The van der Waals surface area contributed by atoms with Crippen LogP contribution in [0, 0.1) is 18.3 Å². The molecule has 122 valence electrons. The highest BCUT2D eigenvalue weighted by atomic mass is 32.2. The number of carbonyl (C=O) groups is 1. The molecule has 0 spiro atoms. The van der Waals surface area contributed by atoms with Gasteiger partial charge < -0.3 is 4.74 Å². The zero-order valence-electron chi connectivity index (χ0n) is 13.7. The van der Waals surface area contributed by atoms with Crippen LogP contribution < -0.4 is 15.6 Å². The van der Waals surface area contributed by atoms with E-state index >= 15 is 0 Å². The number of benzene rings is 1. The second-order valence-electron chi connectivity index (χ2n) is 5.64. The van der Waals surface area contributed by atoms with Gasteiger partial charge in [0.1, 0.15) is 5.75 Å². The molecule has 0 aromatic heterocycles. The Balaban J connectivity index is 2.18. The first-order valence-corrected chi connectivity index (χ1v) is 8.50. The molecule has 2 unspecified atom stereocenters. The molecule has 2 atom stereocenters. The Bertz CT molecular complexity index is 649. The minimum Gasteiger partial charge on any atom is -0.496 e. The number of methoxy groups -OCH3 is 1. The van der Waals surface area contributed by atoms with Crippen LogP contribution in [0.3, 0.4) is 0 Å². The van der Waals surface area contributed by atoms with Gasteiger partial charge in [-0.15, -0.1) is 18.2 Å². The van der Waals surface area contributed by atoms with Crippen molar-refractivity contribution in [1.29, 1.82) is 0 Å². The third-order valence-electron chi connectivity index (χ3n) is 3.83. The van der Waals surface area contributed by atoms with E-state index in [0.717, 1.165) is 16.2 Å². The molecular formula is C18H22N2O2S. The van der Waals surface area contributed by atoms with Crippen molar-refractivity contribution in [2.45, 2.75) is 31.2 Å². The highest BCUT2D eigenvalue weighted by Gasteiger charge is 2.26. The molecule has 1 fully saturated rings. The van der Waals surface area contributed by atoms with Gasteiger partial charge >= 0.3 is 0 Å². The number of hydrogen-bond acceptors (Lipinski definition) is 4. The van der Waals surface area contributed by atoms with Crippen LogP contribution in [0.25, 0.3) is 6.08 Å². The molecular weight excluding hydrogens is 308 g/mol. The van der Waals surface area contributed by atoms with Crippen molar-refractivity contribution in [3.8, 4) is 18.1 Å². The zero-order chi connectivity index (χ0) is 16.8. The van der Waals surface area contributed by atoms with Crippen LogP contribution in [0.5, 0.6) is 5.75 Å². The van der Waals surface area contributed by atoms with E-state index in [1.54, 1.807) is 18.9 Å². The van der Waals surface area contributed by atoms with Gasteiger partial charge in [-0.1, -0.05) is 30.6 Å². The van der Waals surface area contributed by atoms with Crippen LogP contribution in [0.1, 0.15) is 25.8 Å². The summed E-state index contributed by atoms with van der Waals surface area (Å²) in [4.78, 5) is 12.4. The second-order valence-corrected chi connectivity index (χ2v) is 6.66. The number of rotatable bonds is 5. The average Bonchev–Trinajstić information content (AvgIpc) is 2.53. The van der Waals surface area contributed by atoms with Crippen molar-refractivity contribution in [2.75, 3.05) is 12.9 Å². The maximum absolute atomic E-state index is 11.4. The fourth-order valence-corrected chi connectivity index (χ4v) is 3.38. The molecule has 0 bridgehead atoms. The number of hydrazine groups is 1. The Labute approximate surface area is 142 Å². The van der Waals surface area contributed by atoms with E-state index in [-0.39, 0.29) is 17.9 Å². The van der Waals surface area contributed by atoms with Crippen LogP contribution >= 0.6 is 11.8 Å². The molecule has 4 nitrogen and oxygen atoms in total. The summed E-state index contributed by atoms with van der Waals surface area (Å²) in [5, 5.41) is 0. The highest BCUT2D eigenvalue weighted by molar-refractivity contribution is 7.99. The molecule has 1 aliphatic rings. The summed E-state index contributed by atoms with van der Waals surface area (Å²) in [6, 6.07) is 6.22. The van der Waals surface area contributed by atoms with Crippen molar-refractivity contribution in [1.82, 2.24) is 10.9 Å². The van der Waals surface area contributed by atoms with E-state index in [4.69, 9.17) is 11.2 Å². The van der Waals surface area contributed by atoms with Crippen molar-refractivity contribution < 1.29 is 9.53 Å². The van der Waals surface area contributed by atoms with E-state index < -0.39 is 0 Å². The molecule has 1 aliphatic heterocycles. The van der Waals surface area contributed by atoms with Gasteiger partial charge in [-0.2, -0.15) is 0 Å². The summed E-state index contributed by atoms with van der Waals surface area (Å²) in [5.41, 5.74) is 8.02. The summed E-state index contributed by atoms with van der Waals surface area (Å²) in [6.45, 7) is 4.15. The molecule has 1 aromatic rings. The van der Waals surface area contributed by atoms with Crippen LogP contribution in [0.2, 0.25) is 0 Å². The Kier molecular flexibility index (Phi) is 6.14. The molecule has 1 amide bonds. The summed E-state index contributed by atoms with van der Waals surface area (Å²) in [7, 11) is 1.66. The van der Waals surface area contributed by atoms with Crippen LogP contribution in [-0.4, -0.2) is 24.8 Å². The van der Waals surface area contributed by atoms with Crippen molar-refractivity contribution in [3.63, 3.8) is 0 Å². The van der Waals surface area contributed by atoms with Crippen molar-refractivity contribution in [2.24, 2.45) is 5.92 Å². The lowest BCUT2D eigenvalue weighted by Gasteiger charge is -2.30. The van der Waals surface area contributed by atoms with Crippen LogP contribution in [0.15, 0.2) is 28.7 Å². The summed E-state index contributed by atoms with van der Waals surface area (Å²) in [5.74, 6) is 4.36. The van der Waals surface area contributed by atoms with Gasteiger partial charge in [0.15, 0.2) is 0 Å². The van der Waals surface area contributed by atoms with E-state index in [9.17, 15) is 4.79 Å². The predicted molar refractivity (Wildman–Crippen MR) is 95.0 cm³/mol. The number of terminal acetylenes is 1. The van der Waals surface area contributed by atoms with Gasteiger partial charge in [0.25, 0.3) is 0 Å². The lowest BCUT2D eigenvalue weighted by Crippen LogP contribution is -2.53. The van der Waals surface area contributed by atoms with E-state index in [2.05, 4.69) is 42.8 Å². The molecule has 0 radical (unpaired) electrons. The van der Waals surface area contributed by atoms with Gasteiger partial charge in [0.05, 0.1) is 23.8 Å². The molecule has 1 heterocycles. The first kappa shape index (κ1) is 17.5. The number of amides is 1. The van der Waals surface area contributed by atoms with E-state index in [1.165, 1.54) is 5.57 Å². The predicted octanol–water partition coefficient (Wildman–Crippen LogP) is 2.85. The summed E-state index contributed by atoms with van der Waals surface area (Å²) >= 11 is 1.59. The number of ether oxygens (including phenoxy) is 1. The third kappa shape index (κ3) is 4.54. The summed E-state index contributed by atoms with van der Waals surface area (Å²) < 4.78 is 5.45. The molecule has 2 rings (SSSR count). The number of carbonyl (C=O) groups excluding carboxylic acids is 1. The molecule has 2 N–H and O–H groups in total. The maximum atomic E-state index is 11.4. The first-order valence-electron chi connectivity index (χ1n) is 7.52. The van der Waals surface area contributed by atoms with Crippen molar-refractivity contribution in [3.05, 3.63) is 29.3 Å². The maximum Gasteiger partial charge on any atom is 0.234 e. The van der Waals surface area contributed by atoms with Gasteiger partial charge in [-0.25, -0.2) is 5.43 Å². The van der Waals surface area contributed by atoms with Gasteiger partial charge in [0, 0.05) is 6.42 Å². The minimum absolute atomic E-state index is 0.0399. The smallest absolute Gasteiger partial charge is 0.234 e. The second kappa shape index (κ2) is 8.09. The molecule has 1 aromatic carbocycles. The fourth-order valence-electron chi connectivity index (χ4n) is 2.69. The topological polar surface area (TPSA) is 50.4 Å².